The molecule has 0 spiro atoms. The maximum atomic E-state index is 13.4. The highest BCUT2D eigenvalue weighted by atomic mass is 32.2. The number of anilines is 2. The number of carbonyl (C=O) groups is 1. The Morgan fingerprint density at radius 1 is 1.18 bits per heavy atom. The summed E-state index contributed by atoms with van der Waals surface area (Å²) in [5.74, 6) is 0.952. The molecule has 0 saturated carbocycles. The normalized spacial score (nSPS) is 13.6. The van der Waals surface area contributed by atoms with Crippen LogP contribution in [0.4, 0.5) is 11.8 Å². The van der Waals surface area contributed by atoms with Crippen LogP contribution < -0.4 is 15.0 Å². The van der Waals surface area contributed by atoms with E-state index in [2.05, 4.69) is 15.3 Å². The van der Waals surface area contributed by atoms with Gasteiger partial charge in [0.25, 0.3) is 5.91 Å². The lowest BCUT2D eigenvalue weighted by molar-refractivity contribution is 0.0987. The van der Waals surface area contributed by atoms with Crippen molar-refractivity contribution in [1.29, 1.82) is 0 Å². The lowest BCUT2D eigenvalue weighted by atomic mass is 10.1. The van der Waals surface area contributed by atoms with E-state index >= 15 is 0 Å². The smallest absolute Gasteiger partial charge is 0.259 e. The van der Waals surface area contributed by atoms with Crippen LogP contribution in [0.3, 0.4) is 0 Å². The molecule has 0 unspecified atom stereocenters. The third kappa shape index (κ3) is 5.67. The second-order valence-corrected chi connectivity index (χ2v) is 10.3. The fraction of sp³-hybridized carbons (Fsp3) is 0.292. The van der Waals surface area contributed by atoms with E-state index in [0.717, 1.165) is 29.6 Å². The minimum atomic E-state index is -3.29. The Kier molecular flexibility index (Phi) is 6.60. The molecule has 8 nitrogen and oxygen atoms in total. The van der Waals surface area contributed by atoms with Crippen LogP contribution in [0.2, 0.25) is 0 Å². The van der Waals surface area contributed by atoms with Crippen LogP contribution >= 0.6 is 0 Å². The Balaban J connectivity index is 1.61. The summed E-state index contributed by atoms with van der Waals surface area (Å²) in [4.78, 5) is 23.6. The fourth-order valence-electron chi connectivity index (χ4n) is 3.64. The number of sulfone groups is 1. The molecule has 33 heavy (non-hydrogen) atoms. The summed E-state index contributed by atoms with van der Waals surface area (Å²) in [5.41, 5.74) is 2.49. The van der Waals surface area contributed by atoms with E-state index in [1.807, 2.05) is 37.3 Å². The Labute approximate surface area is 193 Å². The van der Waals surface area contributed by atoms with Gasteiger partial charge in [-0.05, 0) is 42.3 Å². The summed E-state index contributed by atoms with van der Waals surface area (Å²) in [6.45, 7) is 2.56. The highest BCUT2D eigenvalue weighted by Crippen LogP contribution is 2.27. The number of amides is 1. The van der Waals surface area contributed by atoms with Gasteiger partial charge in [-0.1, -0.05) is 30.3 Å². The quantitative estimate of drug-likeness (QED) is 0.544. The number of nitrogens with one attached hydrogen (secondary N) is 1. The van der Waals surface area contributed by atoms with Crippen LogP contribution in [0.15, 0.2) is 60.8 Å². The number of hydrogen-bond acceptors (Lipinski definition) is 7. The molecular weight excluding hydrogens is 440 g/mol. The first-order chi connectivity index (χ1) is 15.8. The number of aromatic nitrogens is 2. The molecule has 1 amide bonds. The summed E-state index contributed by atoms with van der Waals surface area (Å²) in [5, 5.41) is 3.24. The van der Waals surface area contributed by atoms with E-state index in [-0.39, 0.29) is 24.2 Å². The Morgan fingerprint density at radius 2 is 1.97 bits per heavy atom. The molecule has 1 N–H and O–H groups in total. The van der Waals surface area contributed by atoms with Crippen molar-refractivity contribution in [1.82, 2.24) is 9.97 Å². The largest absolute Gasteiger partial charge is 0.493 e. The number of hydrogen-bond donors (Lipinski definition) is 1. The molecule has 2 heterocycles. The maximum Gasteiger partial charge on any atom is 0.259 e. The van der Waals surface area contributed by atoms with Gasteiger partial charge < -0.3 is 10.1 Å². The van der Waals surface area contributed by atoms with Gasteiger partial charge in [0, 0.05) is 31.0 Å². The average molecular weight is 467 g/mol. The van der Waals surface area contributed by atoms with E-state index in [1.165, 1.54) is 4.90 Å². The second-order valence-electron chi connectivity index (χ2n) is 8.02. The van der Waals surface area contributed by atoms with Crippen molar-refractivity contribution < 1.29 is 17.9 Å². The van der Waals surface area contributed by atoms with E-state index in [4.69, 9.17) is 4.74 Å². The zero-order chi connectivity index (χ0) is 23.4. The number of nitrogens with zero attached hydrogens (tertiary/aromatic N) is 3. The molecule has 0 bridgehead atoms. The zero-order valence-corrected chi connectivity index (χ0v) is 19.4. The third-order valence-corrected chi connectivity index (χ3v) is 6.35. The summed E-state index contributed by atoms with van der Waals surface area (Å²) < 4.78 is 29.2. The fourth-order valence-corrected chi connectivity index (χ4v) is 4.15. The molecule has 3 aromatic rings. The van der Waals surface area contributed by atoms with E-state index in [0.29, 0.717) is 23.9 Å². The lowest BCUT2D eigenvalue weighted by Crippen LogP contribution is -2.36. The Morgan fingerprint density at radius 3 is 2.73 bits per heavy atom. The molecule has 0 radical (unpaired) electrons. The minimum absolute atomic E-state index is 0.0179. The van der Waals surface area contributed by atoms with Crippen molar-refractivity contribution in [2.45, 2.75) is 19.4 Å². The lowest BCUT2D eigenvalue weighted by Gasteiger charge is -2.23. The number of benzene rings is 2. The molecule has 0 aliphatic carbocycles. The highest BCUT2D eigenvalue weighted by Gasteiger charge is 2.23. The van der Waals surface area contributed by atoms with Gasteiger partial charge in [0.05, 0.1) is 18.4 Å². The van der Waals surface area contributed by atoms with Crippen molar-refractivity contribution in [3.63, 3.8) is 0 Å². The summed E-state index contributed by atoms with van der Waals surface area (Å²) in [6.07, 6.45) is 3.44. The predicted octanol–water partition coefficient (Wildman–Crippen LogP) is 3.28. The molecule has 4 rings (SSSR count). The number of fused-ring (bicyclic) bond motifs is 1. The Bertz CT molecular complexity index is 1250. The van der Waals surface area contributed by atoms with Gasteiger partial charge in [-0.3, -0.25) is 9.69 Å². The van der Waals surface area contributed by atoms with Crippen molar-refractivity contribution in [3.8, 4) is 5.75 Å². The Hall–Kier alpha value is -3.46. The van der Waals surface area contributed by atoms with E-state index in [9.17, 15) is 13.2 Å². The summed E-state index contributed by atoms with van der Waals surface area (Å²) in [7, 11) is -3.29. The molecule has 1 atom stereocenters. The number of carbonyl (C=O) groups excluding carboxylic acids is 1. The highest BCUT2D eigenvalue weighted by molar-refractivity contribution is 7.90. The van der Waals surface area contributed by atoms with Gasteiger partial charge in [-0.25, -0.2) is 13.4 Å². The molecule has 0 saturated heterocycles. The predicted molar refractivity (Wildman–Crippen MR) is 128 cm³/mol. The van der Waals surface area contributed by atoms with Crippen molar-refractivity contribution >= 4 is 27.5 Å². The van der Waals surface area contributed by atoms with E-state index < -0.39 is 9.84 Å². The molecular formula is C24H26N4O4S. The summed E-state index contributed by atoms with van der Waals surface area (Å²) in [6, 6.07) is 16.7. The van der Waals surface area contributed by atoms with Crippen LogP contribution in [0.5, 0.6) is 5.75 Å². The van der Waals surface area contributed by atoms with Crippen LogP contribution in [-0.4, -0.2) is 49.5 Å². The maximum absolute atomic E-state index is 13.4. The zero-order valence-electron chi connectivity index (χ0n) is 18.6. The van der Waals surface area contributed by atoms with Crippen molar-refractivity contribution in [2.75, 3.05) is 35.4 Å². The van der Waals surface area contributed by atoms with Crippen molar-refractivity contribution in [2.24, 2.45) is 0 Å². The van der Waals surface area contributed by atoms with Crippen LogP contribution in [0.1, 0.15) is 34.5 Å². The van der Waals surface area contributed by atoms with Crippen LogP contribution in [0.25, 0.3) is 0 Å². The molecule has 0 fully saturated rings. The number of rotatable bonds is 8. The molecule has 1 aliphatic heterocycles. The van der Waals surface area contributed by atoms with Crippen molar-refractivity contribution in [3.05, 3.63) is 77.5 Å². The number of ether oxygens (including phenoxy) is 1. The van der Waals surface area contributed by atoms with Gasteiger partial charge in [-0.15, -0.1) is 0 Å². The second kappa shape index (κ2) is 9.58. The van der Waals surface area contributed by atoms with Crippen LogP contribution in [0, 0.1) is 0 Å². The molecule has 2 aromatic carbocycles. The van der Waals surface area contributed by atoms with Gasteiger partial charge >= 0.3 is 0 Å². The molecule has 172 valence electrons. The SMILES string of the molecule is C[C@H](Nc1nccc(N(CCS(C)(=O)=O)C(=O)c2ccc3c(c2)CCO3)n1)c1ccccc1. The standard InChI is InChI=1S/C24H26N4O4S/c1-17(18-6-4-3-5-7-18)26-24-25-12-10-22(27-24)28(13-15-33(2,30)31)23(29)20-8-9-21-19(16-20)11-14-32-21/h3-10,12,16-17H,11,13-15H2,1-2H3,(H,25,26,27)/t17-/m0/s1. The summed E-state index contributed by atoms with van der Waals surface area (Å²) >= 11 is 0. The average Bonchev–Trinajstić information content (AvgIpc) is 3.27. The van der Waals surface area contributed by atoms with E-state index in [1.54, 1.807) is 30.5 Å². The minimum Gasteiger partial charge on any atom is -0.493 e. The van der Waals surface area contributed by atoms with Gasteiger partial charge in [0.15, 0.2) is 0 Å². The first kappa shape index (κ1) is 22.7. The topological polar surface area (TPSA) is 101 Å². The third-order valence-electron chi connectivity index (χ3n) is 5.43. The first-order valence-corrected chi connectivity index (χ1v) is 12.8. The van der Waals surface area contributed by atoms with Gasteiger partial charge in [-0.2, -0.15) is 4.98 Å². The van der Waals surface area contributed by atoms with Gasteiger partial charge in [0.1, 0.15) is 21.4 Å². The molecule has 9 heteroatoms. The van der Waals surface area contributed by atoms with Gasteiger partial charge in [0.2, 0.25) is 5.95 Å². The first-order valence-electron chi connectivity index (χ1n) is 10.7. The van der Waals surface area contributed by atoms with Crippen LogP contribution in [-0.2, 0) is 16.3 Å². The molecule has 1 aliphatic rings. The monoisotopic (exact) mass is 466 g/mol. The molecule has 1 aromatic heterocycles.